The topological polar surface area (TPSA) is 75.1 Å². The Balaban J connectivity index is 2.39. The fraction of sp³-hybridized carbons (Fsp3) is 0.545. The molecule has 2 N–H and O–H groups in total. The third-order valence-electron chi connectivity index (χ3n) is 2.39. The van der Waals surface area contributed by atoms with Crippen LogP contribution in [0.25, 0.3) is 0 Å². The molecule has 0 saturated carbocycles. The van der Waals surface area contributed by atoms with Crippen molar-refractivity contribution < 1.29 is 9.90 Å². The highest BCUT2D eigenvalue weighted by atomic mass is 16.4. The molecule has 0 radical (unpaired) electrons. The van der Waals surface area contributed by atoms with Crippen molar-refractivity contribution >= 4 is 11.8 Å². The number of nitrogens with one attached hydrogen (secondary N) is 1. The summed E-state index contributed by atoms with van der Waals surface area (Å²) in [4.78, 5) is 18.7. The molecule has 0 aliphatic carbocycles. The lowest BCUT2D eigenvalue weighted by atomic mass is 10.1. The predicted octanol–water partition coefficient (Wildman–Crippen LogP) is 1.56. The number of hydrogen-bond acceptors (Lipinski definition) is 4. The number of carboxylic acids is 1. The van der Waals surface area contributed by atoms with Crippen LogP contribution in [-0.2, 0) is 11.2 Å². The average Bonchev–Trinajstić information content (AvgIpc) is 2.29. The zero-order chi connectivity index (χ0) is 12.0. The molecular weight excluding hydrogens is 206 g/mol. The minimum Gasteiger partial charge on any atom is -0.481 e. The Morgan fingerprint density at radius 2 is 2.31 bits per heavy atom. The molecule has 1 unspecified atom stereocenters. The second kappa shape index (κ2) is 6.05. The highest BCUT2D eigenvalue weighted by Gasteiger charge is 2.09. The number of nitrogens with zero attached hydrogens (tertiary/aromatic N) is 2. The molecule has 0 aliphatic heterocycles. The van der Waals surface area contributed by atoms with Gasteiger partial charge in [0.2, 0.25) is 0 Å². The van der Waals surface area contributed by atoms with Crippen LogP contribution in [0.4, 0.5) is 5.82 Å². The third-order valence-corrected chi connectivity index (χ3v) is 2.39. The lowest BCUT2D eigenvalue weighted by Gasteiger charge is -2.08. The van der Waals surface area contributed by atoms with Crippen molar-refractivity contribution in [1.82, 2.24) is 9.97 Å². The molecule has 0 aliphatic rings. The zero-order valence-electron chi connectivity index (χ0n) is 9.60. The zero-order valence-corrected chi connectivity index (χ0v) is 9.60. The maximum atomic E-state index is 10.6. The summed E-state index contributed by atoms with van der Waals surface area (Å²) in [7, 11) is 0. The van der Waals surface area contributed by atoms with E-state index in [9.17, 15) is 4.79 Å². The van der Waals surface area contributed by atoms with Gasteiger partial charge >= 0.3 is 5.97 Å². The van der Waals surface area contributed by atoms with Crippen LogP contribution in [-0.4, -0.2) is 27.6 Å². The minimum atomic E-state index is -0.765. The lowest BCUT2D eigenvalue weighted by Crippen LogP contribution is -2.15. The molecule has 1 aromatic heterocycles. The summed E-state index contributed by atoms with van der Waals surface area (Å²) < 4.78 is 0. The van der Waals surface area contributed by atoms with Gasteiger partial charge in [0.25, 0.3) is 0 Å². The molecule has 0 spiro atoms. The SMILES string of the molecule is CCc1cc(NCCC(C)C(=O)O)ncn1. The van der Waals surface area contributed by atoms with Crippen molar-refractivity contribution in [2.45, 2.75) is 26.7 Å². The number of anilines is 1. The van der Waals surface area contributed by atoms with Crippen molar-refractivity contribution in [3.05, 3.63) is 18.1 Å². The number of rotatable bonds is 6. The first-order chi connectivity index (χ1) is 7.63. The molecule has 5 heteroatoms. The molecule has 0 amide bonds. The number of hydrogen-bond donors (Lipinski definition) is 2. The van der Waals surface area contributed by atoms with E-state index >= 15 is 0 Å². The summed E-state index contributed by atoms with van der Waals surface area (Å²) in [6.07, 6.45) is 2.96. The minimum absolute atomic E-state index is 0.333. The first-order valence-corrected chi connectivity index (χ1v) is 5.41. The third kappa shape index (κ3) is 3.84. The van der Waals surface area contributed by atoms with Gasteiger partial charge in [0.1, 0.15) is 12.1 Å². The van der Waals surface area contributed by atoms with Crippen molar-refractivity contribution in [3.63, 3.8) is 0 Å². The fourth-order valence-corrected chi connectivity index (χ4v) is 1.23. The number of carbonyl (C=O) groups is 1. The van der Waals surface area contributed by atoms with E-state index in [0.717, 1.165) is 17.9 Å². The van der Waals surface area contributed by atoms with Gasteiger partial charge in [0.05, 0.1) is 5.92 Å². The monoisotopic (exact) mass is 223 g/mol. The van der Waals surface area contributed by atoms with E-state index in [4.69, 9.17) is 5.11 Å². The first-order valence-electron chi connectivity index (χ1n) is 5.41. The molecule has 0 aromatic carbocycles. The summed E-state index contributed by atoms with van der Waals surface area (Å²) in [5.41, 5.74) is 0.976. The number of aryl methyl sites for hydroxylation is 1. The Hall–Kier alpha value is -1.65. The van der Waals surface area contributed by atoms with Gasteiger partial charge in [-0.15, -0.1) is 0 Å². The van der Waals surface area contributed by atoms with Crippen molar-refractivity contribution in [2.24, 2.45) is 5.92 Å². The summed E-state index contributed by atoms with van der Waals surface area (Å²) in [6, 6.07) is 1.88. The van der Waals surface area contributed by atoms with E-state index in [0.29, 0.717) is 13.0 Å². The van der Waals surface area contributed by atoms with Crippen LogP contribution in [0.5, 0.6) is 0 Å². The van der Waals surface area contributed by atoms with Crippen LogP contribution >= 0.6 is 0 Å². The van der Waals surface area contributed by atoms with Gasteiger partial charge in [-0.1, -0.05) is 13.8 Å². The number of aromatic nitrogens is 2. The van der Waals surface area contributed by atoms with E-state index in [1.54, 1.807) is 6.92 Å². The molecule has 1 rings (SSSR count). The second-order valence-corrected chi connectivity index (χ2v) is 3.70. The van der Waals surface area contributed by atoms with E-state index in [2.05, 4.69) is 15.3 Å². The van der Waals surface area contributed by atoms with Gasteiger partial charge in [-0.2, -0.15) is 0 Å². The molecule has 1 heterocycles. The van der Waals surface area contributed by atoms with Gasteiger partial charge in [-0.05, 0) is 12.8 Å². The maximum Gasteiger partial charge on any atom is 0.306 e. The fourth-order valence-electron chi connectivity index (χ4n) is 1.23. The smallest absolute Gasteiger partial charge is 0.306 e. The highest BCUT2D eigenvalue weighted by Crippen LogP contribution is 2.06. The predicted molar refractivity (Wildman–Crippen MR) is 61.3 cm³/mol. The largest absolute Gasteiger partial charge is 0.481 e. The van der Waals surface area contributed by atoms with Gasteiger partial charge < -0.3 is 10.4 Å². The molecule has 0 fully saturated rings. The van der Waals surface area contributed by atoms with E-state index < -0.39 is 5.97 Å². The molecular formula is C11H17N3O2. The van der Waals surface area contributed by atoms with Crippen molar-refractivity contribution in [1.29, 1.82) is 0 Å². The van der Waals surface area contributed by atoms with Crippen LogP contribution in [0, 0.1) is 5.92 Å². The van der Waals surface area contributed by atoms with Crippen LogP contribution < -0.4 is 5.32 Å². The number of aliphatic carboxylic acids is 1. The molecule has 88 valence electrons. The van der Waals surface area contributed by atoms with Gasteiger partial charge in [-0.3, -0.25) is 4.79 Å². The Labute approximate surface area is 94.9 Å². The van der Waals surface area contributed by atoms with Crippen LogP contribution in [0.3, 0.4) is 0 Å². The maximum absolute atomic E-state index is 10.6. The Kier molecular flexibility index (Phi) is 4.69. The van der Waals surface area contributed by atoms with Gasteiger partial charge in [0.15, 0.2) is 0 Å². The highest BCUT2D eigenvalue weighted by molar-refractivity contribution is 5.69. The lowest BCUT2D eigenvalue weighted by molar-refractivity contribution is -0.141. The van der Waals surface area contributed by atoms with Crippen LogP contribution in [0.2, 0.25) is 0 Å². The molecule has 16 heavy (non-hydrogen) atoms. The number of carboxylic acid groups (broad SMARTS) is 1. The van der Waals surface area contributed by atoms with E-state index in [1.165, 1.54) is 6.33 Å². The first kappa shape index (κ1) is 12.4. The van der Waals surface area contributed by atoms with Gasteiger partial charge in [0, 0.05) is 18.3 Å². The summed E-state index contributed by atoms with van der Waals surface area (Å²) in [5.74, 6) is -0.344. The van der Waals surface area contributed by atoms with Crippen LogP contribution in [0.1, 0.15) is 26.0 Å². The molecule has 5 nitrogen and oxygen atoms in total. The van der Waals surface area contributed by atoms with E-state index in [1.807, 2.05) is 13.0 Å². The standard InChI is InChI=1S/C11H17N3O2/c1-3-9-6-10(14-7-13-9)12-5-4-8(2)11(15)16/h6-8H,3-5H2,1-2H3,(H,15,16)(H,12,13,14). The summed E-state index contributed by atoms with van der Waals surface area (Å²) in [5, 5.41) is 11.8. The summed E-state index contributed by atoms with van der Waals surface area (Å²) in [6.45, 7) is 4.33. The molecule has 1 aromatic rings. The second-order valence-electron chi connectivity index (χ2n) is 3.70. The van der Waals surface area contributed by atoms with Gasteiger partial charge in [-0.25, -0.2) is 9.97 Å². The Bertz CT molecular complexity index is 355. The average molecular weight is 223 g/mol. The quantitative estimate of drug-likeness (QED) is 0.765. The molecule has 0 bridgehead atoms. The van der Waals surface area contributed by atoms with Crippen molar-refractivity contribution in [3.8, 4) is 0 Å². The van der Waals surface area contributed by atoms with Crippen molar-refractivity contribution in [2.75, 3.05) is 11.9 Å². The Morgan fingerprint density at radius 3 is 2.94 bits per heavy atom. The Morgan fingerprint density at radius 1 is 1.56 bits per heavy atom. The molecule has 1 atom stereocenters. The summed E-state index contributed by atoms with van der Waals surface area (Å²) >= 11 is 0. The van der Waals surface area contributed by atoms with E-state index in [-0.39, 0.29) is 5.92 Å². The normalized spacial score (nSPS) is 12.1. The molecule has 0 saturated heterocycles. The van der Waals surface area contributed by atoms with Crippen LogP contribution in [0.15, 0.2) is 12.4 Å².